The maximum Gasteiger partial charge on any atom is 0.353 e. The van der Waals surface area contributed by atoms with Crippen LogP contribution >= 0.6 is 11.6 Å². The summed E-state index contributed by atoms with van der Waals surface area (Å²) in [5.74, 6) is 4.18. The maximum atomic E-state index is 11.9. The first-order valence-electron chi connectivity index (χ1n) is 6.70. The van der Waals surface area contributed by atoms with Crippen LogP contribution < -0.4 is 0 Å². The second kappa shape index (κ2) is 7.13. The largest absolute Gasteiger partial charge is 0.478 e. The van der Waals surface area contributed by atoms with Gasteiger partial charge in [0, 0.05) is 10.6 Å². The molecule has 0 fully saturated rings. The minimum atomic E-state index is -1.71. The molecule has 0 spiro atoms. The van der Waals surface area contributed by atoms with E-state index in [1.54, 1.807) is 31.2 Å². The number of hydrogen-bond donors (Lipinski definition) is 1. The van der Waals surface area contributed by atoms with E-state index in [0.29, 0.717) is 10.6 Å². The molecule has 0 aromatic heterocycles. The number of ether oxygens (including phenoxy) is 1. The highest BCUT2D eigenvalue weighted by Crippen LogP contribution is 2.28. The molecule has 1 atom stereocenters. The Balaban J connectivity index is 2.38. The minimum absolute atomic E-state index is 0.143. The highest BCUT2D eigenvalue weighted by molar-refractivity contribution is 6.30. The fourth-order valence-electron chi connectivity index (χ4n) is 2.06. The zero-order valence-corrected chi connectivity index (χ0v) is 12.8. The molecule has 1 unspecified atom stereocenters. The van der Waals surface area contributed by atoms with Crippen LogP contribution in [0.3, 0.4) is 0 Å². The van der Waals surface area contributed by atoms with Crippen molar-refractivity contribution >= 4 is 17.6 Å². The second-order valence-corrected chi connectivity index (χ2v) is 5.08. The summed E-state index contributed by atoms with van der Waals surface area (Å²) in [6.07, 6.45) is 0. The number of rotatable bonds is 5. The number of carboxylic acid groups (broad SMARTS) is 1. The van der Waals surface area contributed by atoms with E-state index in [-0.39, 0.29) is 6.61 Å². The van der Waals surface area contributed by atoms with Gasteiger partial charge in [-0.05, 0) is 24.6 Å². The van der Waals surface area contributed by atoms with E-state index < -0.39 is 11.6 Å². The van der Waals surface area contributed by atoms with Gasteiger partial charge in [0.15, 0.2) is 0 Å². The molecule has 0 bridgehead atoms. The third-order valence-electron chi connectivity index (χ3n) is 3.15. The molecule has 22 heavy (non-hydrogen) atoms. The second-order valence-electron chi connectivity index (χ2n) is 4.64. The fraction of sp³-hybridized carbons (Fsp3) is 0.167. The van der Waals surface area contributed by atoms with Crippen molar-refractivity contribution < 1.29 is 14.6 Å². The van der Waals surface area contributed by atoms with Gasteiger partial charge >= 0.3 is 5.97 Å². The third kappa shape index (κ3) is 3.48. The quantitative estimate of drug-likeness (QED) is 0.852. The lowest BCUT2D eigenvalue weighted by Crippen LogP contribution is -2.37. The normalized spacial score (nSPS) is 12.8. The van der Waals surface area contributed by atoms with Crippen LogP contribution in [0.2, 0.25) is 5.02 Å². The number of hydrogen-bond acceptors (Lipinski definition) is 2. The van der Waals surface area contributed by atoms with Crippen molar-refractivity contribution in [3.63, 3.8) is 0 Å². The first-order chi connectivity index (χ1) is 10.6. The highest BCUT2D eigenvalue weighted by atomic mass is 35.5. The van der Waals surface area contributed by atoms with Crippen molar-refractivity contribution in [1.29, 1.82) is 0 Å². The average molecular weight is 315 g/mol. The molecule has 2 aromatic carbocycles. The van der Waals surface area contributed by atoms with E-state index in [4.69, 9.17) is 16.3 Å². The van der Waals surface area contributed by atoms with Gasteiger partial charge in [0.1, 0.15) is 0 Å². The summed E-state index contributed by atoms with van der Waals surface area (Å²) >= 11 is 5.87. The Kier molecular flexibility index (Phi) is 5.21. The molecule has 1 N–H and O–H groups in total. The van der Waals surface area contributed by atoms with Crippen molar-refractivity contribution in [3.05, 3.63) is 70.7 Å². The smallest absolute Gasteiger partial charge is 0.353 e. The lowest BCUT2D eigenvalue weighted by atomic mass is 9.94. The molecule has 0 aliphatic rings. The Morgan fingerprint density at radius 2 is 1.82 bits per heavy atom. The van der Waals surface area contributed by atoms with Crippen LogP contribution in [0, 0.1) is 11.8 Å². The molecule has 2 aromatic rings. The van der Waals surface area contributed by atoms with E-state index in [0.717, 1.165) is 5.56 Å². The van der Waals surface area contributed by atoms with Gasteiger partial charge in [-0.3, -0.25) is 0 Å². The molecule has 3 nitrogen and oxygen atoms in total. The van der Waals surface area contributed by atoms with Gasteiger partial charge in [-0.1, -0.05) is 60.0 Å². The molecule has 112 valence electrons. The van der Waals surface area contributed by atoms with Gasteiger partial charge < -0.3 is 9.84 Å². The van der Waals surface area contributed by atoms with Gasteiger partial charge in [0.2, 0.25) is 0 Å². The molecular weight excluding hydrogens is 300 g/mol. The van der Waals surface area contributed by atoms with Crippen LogP contribution in [-0.2, 0) is 21.7 Å². The molecule has 0 aliphatic heterocycles. The lowest BCUT2D eigenvalue weighted by Gasteiger charge is -2.25. The van der Waals surface area contributed by atoms with E-state index >= 15 is 0 Å². The molecule has 0 saturated heterocycles. The summed E-state index contributed by atoms with van der Waals surface area (Å²) in [6, 6.07) is 15.8. The molecule has 0 amide bonds. The molecule has 0 aliphatic carbocycles. The van der Waals surface area contributed by atoms with E-state index in [9.17, 15) is 9.90 Å². The van der Waals surface area contributed by atoms with Crippen LogP contribution in [-0.4, -0.2) is 11.1 Å². The van der Waals surface area contributed by atoms with Crippen molar-refractivity contribution in [3.8, 4) is 11.8 Å². The third-order valence-corrected chi connectivity index (χ3v) is 3.40. The van der Waals surface area contributed by atoms with E-state index in [1.165, 1.54) is 0 Å². The molecule has 0 radical (unpaired) electrons. The van der Waals surface area contributed by atoms with Gasteiger partial charge in [0.05, 0.1) is 6.61 Å². The number of halogens is 1. The SMILES string of the molecule is CC#CC(OCc1ccccc1)(C(=O)O)c1ccc(Cl)cc1. The van der Waals surface area contributed by atoms with Crippen LogP contribution in [0.4, 0.5) is 0 Å². The van der Waals surface area contributed by atoms with Gasteiger partial charge in [-0.25, -0.2) is 4.79 Å². The van der Waals surface area contributed by atoms with Crippen molar-refractivity contribution in [2.75, 3.05) is 0 Å². The molecular formula is C18H15ClO3. The van der Waals surface area contributed by atoms with E-state index in [1.807, 2.05) is 30.3 Å². The Labute approximate surface area is 134 Å². The van der Waals surface area contributed by atoms with Crippen LogP contribution in [0.5, 0.6) is 0 Å². The minimum Gasteiger partial charge on any atom is -0.478 e. The summed E-state index contributed by atoms with van der Waals surface area (Å²) < 4.78 is 5.73. The molecule has 0 heterocycles. The standard InChI is InChI=1S/C18H15ClO3/c1-2-12-18(17(20)21,15-8-10-16(19)11-9-15)22-13-14-6-4-3-5-7-14/h3-11H,13H2,1H3,(H,20,21). The van der Waals surface area contributed by atoms with Crippen molar-refractivity contribution in [2.24, 2.45) is 0 Å². The van der Waals surface area contributed by atoms with E-state index in [2.05, 4.69) is 11.8 Å². The predicted molar refractivity (Wildman–Crippen MR) is 85.4 cm³/mol. The average Bonchev–Trinajstić information content (AvgIpc) is 2.53. The van der Waals surface area contributed by atoms with Gasteiger partial charge in [-0.2, -0.15) is 0 Å². The monoisotopic (exact) mass is 314 g/mol. The first-order valence-corrected chi connectivity index (χ1v) is 7.07. The highest BCUT2D eigenvalue weighted by Gasteiger charge is 2.40. The summed E-state index contributed by atoms with van der Waals surface area (Å²) in [7, 11) is 0. The molecule has 4 heteroatoms. The fourth-order valence-corrected chi connectivity index (χ4v) is 2.18. The number of aliphatic carboxylic acids is 1. The van der Waals surface area contributed by atoms with Crippen LogP contribution in [0.15, 0.2) is 54.6 Å². The zero-order valence-electron chi connectivity index (χ0n) is 12.0. The number of carboxylic acids is 1. The summed E-state index contributed by atoms with van der Waals surface area (Å²) in [5, 5.41) is 10.2. The summed E-state index contributed by atoms with van der Waals surface area (Å²) in [4.78, 5) is 11.9. The summed E-state index contributed by atoms with van der Waals surface area (Å²) in [6.45, 7) is 1.73. The Bertz CT molecular complexity index is 699. The molecule has 2 rings (SSSR count). The Morgan fingerprint density at radius 1 is 1.18 bits per heavy atom. The first kappa shape index (κ1) is 16.1. The van der Waals surface area contributed by atoms with Crippen LogP contribution in [0.1, 0.15) is 18.1 Å². The number of carbonyl (C=O) groups is 1. The van der Waals surface area contributed by atoms with Crippen LogP contribution in [0.25, 0.3) is 0 Å². The Morgan fingerprint density at radius 3 is 2.36 bits per heavy atom. The maximum absolute atomic E-state index is 11.9. The predicted octanol–water partition coefficient (Wildman–Crippen LogP) is 3.86. The van der Waals surface area contributed by atoms with Crippen molar-refractivity contribution in [1.82, 2.24) is 0 Å². The Hall–Kier alpha value is -2.28. The number of benzene rings is 2. The van der Waals surface area contributed by atoms with Gasteiger partial charge in [0.25, 0.3) is 5.60 Å². The van der Waals surface area contributed by atoms with Gasteiger partial charge in [-0.15, -0.1) is 5.92 Å². The summed E-state index contributed by atoms with van der Waals surface area (Å²) in [5.41, 5.74) is -0.399. The molecule has 0 saturated carbocycles. The lowest BCUT2D eigenvalue weighted by molar-refractivity contribution is -0.160. The zero-order chi connectivity index (χ0) is 16.0. The topological polar surface area (TPSA) is 46.5 Å². The van der Waals surface area contributed by atoms with Crippen molar-refractivity contribution in [2.45, 2.75) is 19.1 Å².